The summed E-state index contributed by atoms with van der Waals surface area (Å²) in [4.78, 5) is 30.9. The number of piperidine rings is 1. The number of carbonyl (C=O) groups is 2. The van der Waals surface area contributed by atoms with Crippen LogP contribution in [-0.4, -0.2) is 92.1 Å². The molecule has 1 heterocycles. The Morgan fingerprint density at radius 3 is 2.38 bits per heavy atom. The maximum atomic E-state index is 13.9. The van der Waals surface area contributed by atoms with Crippen molar-refractivity contribution < 1.29 is 28.5 Å². The Hall–Kier alpha value is -2.52. The van der Waals surface area contributed by atoms with Crippen LogP contribution in [0.4, 0.5) is 4.79 Å². The minimum absolute atomic E-state index is 0.0551. The number of nitrogens with zero attached hydrogens (tertiary/aromatic N) is 2. The van der Waals surface area contributed by atoms with Gasteiger partial charge >= 0.3 is 6.09 Å². The predicted octanol–water partition coefficient (Wildman–Crippen LogP) is 5.12. The smallest absolute Gasteiger partial charge is 0.410 e. The largest absolute Gasteiger partial charge is 0.493 e. The molecule has 0 spiro atoms. The van der Waals surface area contributed by atoms with E-state index in [1.165, 1.54) is 0 Å². The molecule has 0 bridgehead atoms. The zero-order chi connectivity index (χ0) is 29.2. The van der Waals surface area contributed by atoms with Crippen LogP contribution in [0, 0.1) is 0 Å². The fourth-order valence-electron chi connectivity index (χ4n) is 4.90. The normalized spacial score (nSPS) is 17.9. The minimum Gasteiger partial charge on any atom is -0.493 e. The predicted molar refractivity (Wildman–Crippen MR) is 154 cm³/mol. The van der Waals surface area contributed by atoms with E-state index in [1.807, 2.05) is 44.4 Å². The van der Waals surface area contributed by atoms with E-state index < -0.39 is 5.60 Å². The second-order valence-electron chi connectivity index (χ2n) is 11.8. The topological polar surface area (TPSA) is 89.6 Å². The highest BCUT2D eigenvalue weighted by Crippen LogP contribution is 2.31. The molecule has 1 aliphatic rings. The standard InChI is InChI=1S/C30H51N3O6/c1-21(2)31-16-15-24-12-13-25(20-32(24)29(35)39-30(5,6)7)33(22(3)4)28(34)23-11-14-26(37-9)27(19-23)38-18-10-17-36-8/h11,14,19,21-22,24-25,31H,10,12-13,15-18,20H2,1-9H3. The van der Waals surface area contributed by atoms with E-state index in [0.717, 1.165) is 32.2 Å². The van der Waals surface area contributed by atoms with Crippen LogP contribution >= 0.6 is 0 Å². The summed E-state index contributed by atoms with van der Waals surface area (Å²) in [6, 6.07) is 5.53. The van der Waals surface area contributed by atoms with Crippen LogP contribution in [0.2, 0.25) is 0 Å². The quantitative estimate of drug-likeness (QED) is 0.342. The molecule has 0 saturated carbocycles. The molecule has 222 valence electrons. The van der Waals surface area contributed by atoms with E-state index in [4.69, 9.17) is 18.9 Å². The molecule has 39 heavy (non-hydrogen) atoms. The molecule has 1 aromatic rings. The van der Waals surface area contributed by atoms with E-state index in [2.05, 4.69) is 19.2 Å². The van der Waals surface area contributed by atoms with Gasteiger partial charge in [0, 0.05) is 50.4 Å². The molecule has 1 aromatic carbocycles. The van der Waals surface area contributed by atoms with E-state index in [9.17, 15) is 9.59 Å². The Kier molecular flexibility index (Phi) is 12.8. The number of hydrogen-bond donors (Lipinski definition) is 1. The number of amides is 2. The van der Waals surface area contributed by atoms with Gasteiger partial charge in [-0.25, -0.2) is 4.79 Å². The van der Waals surface area contributed by atoms with Crippen molar-refractivity contribution in [1.29, 1.82) is 0 Å². The van der Waals surface area contributed by atoms with Gasteiger partial charge in [-0.1, -0.05) is 13.8 Å². The summed E-state index contributed by atoms with van der Waals surface area (Å²) in [7, 11) is 3.24. The monoisotopic (exact) mass is 549 g/mol. The van der Waals surface area contributed by atoms with Crippen molar-refractivity contribution in [2.45, 2.75) is 104 Å². The Morgan fingerprint density at radius 2 is 1.79 bits per heavy atom. The third kappa shape index (κ3) is 10.2. The summed E-state index contributed by atoms with van der Waals surface area (Å²) >= 11 is 0. The maximum absolute atomic E-state index is 13.9. The minimum atomic E-state index is -0.596. The van der Waals surface area contributed by atoms with Crippen molar-refractivity contribution in [1.82, 2.24) is 15.1 Å². The molecule has 2 rings (SSSR count). The highest BCUT2D eigenvalue weighted by Gasteiger charge is 2.38. The molecule has 2 atom stereocenters. The van der Waals surface area contributed by atoms with Gasteiger partial charge in [0.15, 0.2) is 11.5 Å². The molecule has 2 amide bonds. The second-order valence-corrected chi connectivity index (χ2v) is 11.8. The summed E-state index contributed by atoms with van der Waals surface area (Å²) in [6.07, 6.45) is 2.85. The number of methoxy groups -OCH3 is 2. The first-order valence-electron chi connectivity index (χ1n) is 14.2. The van der Waals surface area contributed by atoms with Crippen LogP contribution < -0.4 is 14.8 Å². The average molecular weight is 550 g/mol. The Bertz CT molecular complexity index is 914. The van der Waals surface area contributed by atoms with Gasteiger partial charge in [-0.3, -0.25) is 4.79 Å². The molecule has 1 saturated heterocycles. The molecule has 1 fully saturated rings. The Balaban J connectivity index is 2.27. The SMILES string of the molecule is COCCCOc1cc(C(=O)N(C(C)C)C2CCC(CCNC(C)C)N(C(=O)OC(C)(C)C)C2)ccc1OC. The molecule has 9 nitrogen and oxygen atoms in total. The fourth-order valence-corrected chi connectivity index (χ4v) is 4.90. The summed E-state index contributed by atoms with van der Waals surface area (Å²) in [5, 5.41) is 3.46. The molecular weight excluding hydrogens is 498 g/mol. The lowest BCUT2D eigenvalue weighted by atomic mass is 9.93. The molecule has 2 unspecified atom stereocenters. The van der Waals surface area contributed by atoms with Crippen molar-refractivity contribution >= 4 is 12.0 Å². The first-order valence-corrected chi connectivity index (χ1v) is 14.2. The van der Waals surface area contributed by atoms with Crippen molar-refractivity contribution in [3.63, 3.8) is 0 Å². The summed E-state index contributed by atoms with van der Waals surface area (Å²) in [6.45, 7) is 16.2. The summed E-state index contributed by atoms with van der Waals surface area (Å²) in [5.41, 5.74) is -0.0699. The summed E-state index contributed by atoms with van der Waals surface area (Å²) < 4.78 is 22.3. The van der Waals surface area contributed by atoms with E-state index in [0.29, 0.717) is 42.9 Å². The number of rotatable bonds is 13. The van der Waals surface area contributed by atoms with Crippen LogP contribution in [0.15, 0.2) is 18.2 Å². The number of benzene rings is 1. The number of likely N-dealkylation sites (tertiary alicyclic amines) is 1. The van der Waals surface area contributed by atoms with Gasteiger partial charge in [-0.2, -0.15) is 0 Å². The molecule has 1 aliphatic heterocycles. The lowest BCUT2D eigenvalue weighted by molar-refractivity contribution is -0.00789. The lowest BCUT2D eigenvalue weighted by Gasteiger charge is -2.45. The van der Waals surface area contributed by atoms with Gasteiger partial charge < -0.3 is 34.1 Å². The van der Waals surface area contributed by atoms with E-state index in [-0.39, 0.29) is 30.1 Å². The van der Waals surface area contributed by atoms with Crippen LogP contribution in [0.25, 0.3) is 0 Å². The number of hydrogen-bond acceptors (Lipinski definition) is 7. The van der Waals surface area contributed by atoms with Gasteiger partial charge in [0.05, 0.1) is 19.8 Å². The first-order chi connectivity index (χ1) is 18.4. The Labute approximate surface area is 235 Å². The molecule has 0 aliphatic carbocycles. The van der Waals surface area contributed by atoms with Crippen molar-refractivity contribution in [2.75, 3.05) is 40.5 Å². The van der Waals surface area contributed by atoms with Crippen LogP contribution in [0.1, 0.15) is 84.5 Å². The van der Waals surface area contributed by atoms with Crippen LogP contribution in [-0.2, 0) is 9.47 Å². The van der Waals surface area contributed by atoms with E-state index >= 15 is 0 Å². The van der Waals surface area contributed by atoms with Gasteiger partial charge in [0.2, 0.25) is 0 Å². The zero-order valence-corrected chi connectivity index (χ0v) is 25.5. The lowest BCUT2D eigenvalue weighted by Crippen LogP contribution is -2.57. The molecule has 0 aromatic heterocycles. The zero-order valence-electron chi connectivity index (χ0n) is 25.5. The van der Waals surface area contributed by atoms with Gasteiger partial charge in [0.1, 0.15) is 5.60 Å². The van der Waals surface area contributed by atoms with Crippen molar-refractivity contribution in [2.24, 2.45) is 0 Å². The van der Waals surface area contributed by atoms with Crippen LogP contribution in [0.5, 0.6) is 11.5 Å². The third-order valence-corrected chi connectivity index (χ3v) is 6.68. The van der Waals surface area contributed by atoms with Gasteiger partial charge in [0.25, 0.3) is 5.91 Å². The Morgan fingerprint density at radius 1 is 1.08 bits per heavy atom. The first kappa shape index (κ1) is 32.7. The van der Waals surface area contributed by atoms with Gasteiger partial charge in [-0.05, 0) is 78.6 Å². The van der Waals surface area contributed by atoms with Crippen LogP contribution in [0.3, 0.4) is 0 Å². The highest BCUT2D eigenvalue weighted by molar-refractivity contribution is 5.95. The number of carbonyl (C=O) groups excluding carboxylic acids is 2. The third-order valence-electron chi connectivity index (χ3n) is 6.68. The summed E-state index contributed by atoms with van der Waals surface area (Å²) in [5.74, 6) is 1.01. The van der Waals surface area contributed by atoms with Crippen molar-refractivity contribution in [3.05, 3.63) is 23.8 Å². The van der Waals surface area contributed by atoms with E-state index in [1.54, 1.807) is 32.4 Å². The number of nitrogens with one attached hydrogen (secondary N) is 1. The molecule has 9 heteroatoms. The molecule has 1 N–H and O–H groups in total. The van der Waals surface area contributed by atoms with Crippen molar-refractivity contribution in [3.8, 4) is 11.5 Å². The molecule has 0 radical (unpaired) electrons. The number of ether oxygens (including phenoxy) is 4. The maximum Gasteiger partial charge on any atom is 0.410 e. The average Bonchev–Trinajstić information content (AvgIpc) is 2.85. The van der Waals surface area contributed by atoms with Gasteiger partial charge in [-0.15, -0.1) is 0 Å². The second kappa shape index (κ2) is 15.3. The highest BCUT2D eigenvalue weighted by atomic mass is 16.6. The molecular formula is C30H51N3O6. The fraction of sp³-hybridized carbons (Fsp3) is 0.733.